The normalized spacial score (nSPS) is 27.2. The Hall–Kier alpha value is -1.82. The Morgan fingerprint density at radius 2 is 2.10 bits per heavy atom. The minimum atomic E-state index is -0.405. The number of hydrogen-bond acceptors (Lipinski definition) is 5. The van der Waals surface area contributed by atoms with Gasteiger partial charge in [-0.05, 0) is 31.7 Å². The second-order valence-corrected chi connectivity index (χ2v) is 5.76. The zero-order valence-corrected chi connectivity index (χ0v) is 11.6. The summed E-state index contributed by atoms with van der Waals surface area (Å²) in [7, 11) is 0. The summed E-state index contributed by atoms with van der Waals surface area (Å²) < 4.78 is 5.55. The molecule has 1 aliphatic carbocycles. The van der Waals surface area contributed by atoms with Gasteiger partial charge in [-0.25, -0.2) is 0 Å². The van der Waals surface area contributed by atoms with Crippen molar-refractivity contribution in [3.05, 3.63) is 28.3 Å². The van der Waals surface area contributed by atoms with Gasteiger partial charge in [-0.3, -0.25) is 10.1 Å². The zero-order chi connectivity index (χ0) is 14.3. The molecule has 0 bridgehead atoms. The Morgan fingerprint density at radius 3 is 2.70 bits per heavy atom. The number of ether oxygens (including phenoxy) is 1. The van der Waals surface area contributed by atoms with Crippen LogP contribution in [0.5, 0.6) is 5.75 Å². The van der Waals surface area contributed by atoms with Crippen LogP contribution in [0.4, 0.5) is 11.4 Å². The smallest absolute Gasteiger partial charge is 0.311 e. The maximum atomic E-state index is 11.0. The van der Waals surface area contributed by atoms with E-state index in [-0.39, 0.29) is 11.8 Å². The summed E-state index contributed by atoms with van der Waals surface area (Å²) in [6.45, 7) is 5.84. The van der Waals surface area contributed by atoms with E-state index < -0.39 is 4.92 Å². The van der Waals surface area contributed by atoms with E-state index in [1.54, 1.807) is 12.1 Å². The van der Waals surface area contributed by atoms with Gasteiger partial charge in [0.15, 0.2) is 5.75 Å². The number of nitrogens with zero attached hydrogens (tertiary/aromatic N) is 1. The monoisotopic (exact) mass is 277 g/mol. The number of hydrogen-bond donors (Lipinski definition) is 2. The number of fused-ring (bicyclic) bond motifs is 1. The van der Waals surface area contributed by atoms with Crippen LogP contribution in [0.2, 0.25) is 0 Å². The summed E-state index contributed by atoms with van der Waals surface area (Å²) in [5.41, 5.74) is 0.910. The second kappa shape index (κ2) is 4.94. The van der Waals surface area contributed by atoms with Crippen LogP contribution < -0.4 is 15.4 Å². The first-order valence-electron chi connectivity index (χ1n) is 6.98. The van der Waals surface area contributed by atoms with E-state index in [1.807, 2.05) is 13.8 Å². The number of nitro groups is 1. The fraction of sp³-hybridized carbons (Fsp3) is 0.571. The van der Waals surface area contributed by atoms with Crippen LogP contribution in [0, 0.1) is 22.0 Å². The average molecular weight is 277 g/mol. The molecular formula is C14H19N3O3. The second-order valence-electron chi connectivity index (χ2n) is 5.76. The first kappa shape index (κ1) is 13.2. The van der Waals surface area contributed by atoms with E-state index in [2.05, 4.69) is 10.6 Å². The van der Waals surface area contributed by atoms with Gasteiger partial charge >= 0.3 is 5.69 Å². The Morgan fingerprint density at radius 1 is 1.40 bits per heavy atom. The fourth-order valence-electron chi connectivity index (χ4n) is 2.93. The van der Waals surface area contributed by atoms with Crippen LogP contribution in [-0.4, -0.2) is 30.2 Å². The van der Waals surface area contributed by atoms with Gasteiger partial charge in [0.2, 0.25) is 0 Å². The molecule has 6 heteroatoms. The van der Waals surface area contributed by atoms with Gasteiger partial charge in [0.1, 0.15) is 0 Å². The van der Waals surface area contributed by atoms with Crippen molar-refractivity contribution in [2.24, 2.45) is 11.8 Å². The first-order chi connectivity index (χ1) is 9.56. The topological polar surface area (TPSA) is 76.4 Å². The number of anilines is 1. The van der Waals surface area contributed by atoms with Crippen LogP contribution in [0.25, 0.3) is 0 Å². The van der Waals surface area contributed by atoms with Crippen LogP contribution in [0.15, 0.2) is 18.2 Å². The quantitative estimate of drug-likeness (QED) is 0.636. The molecule has 6 nitrogen and oxygen atoms in total. The van der Waals surface area contributed by atoms with Gasteiger partial charge in [-0.1, -0.05) is 0 Å². The van der Waals surface area contributed by atoms with E-state index in [0.29, 0.717) is 23.6 Å². The number of benzene rings is 1. The third-order valence-corrected chi connectivity index (χ3v) is 3.94. The highest BCUT2D eigenvalue weighted by molar-refractivity contribution is 5.59. The molecule has 1 aromatic carbocycles. The lowest BCUT2D eigenvalue weighted by Crippen LogP contribution is -2.21. The molecular weight excluding hydrogens is 258 g/mol. The molecule has 0 amide bonds. The van der Waals surface area contributed by atoms with E-state index in [9.17, 15) is 10.1 Å². The lowest BCUT2D eigenvalue weighted by molar-refractivity contribution is -0.386. The highest BCUT2D eigenvalue weighted by Gasteiger charge is 2.52. The third-order valence-electron chi connectivity index (χ3n) is 3.94. The van der Waals surface area contributed by atoms with Crippen LogP contribution in [0.1, 0.15) is 13.8 Å². The van der Waals surface area contributed by atoms with Crippen LogP contribution >= 0.6 is 0 Å². The predicted molar refractivity (Wildman–Crippen MR) is 76.1 cm³/mol. The summed E-state index contributed by atoms with van der Waals surface area (Å²) in [4.78, 5) is 10.6. The van der Waals surface area contributed by atoms with E-state index >= 15 is 0 Å². The van der Waals surface area contributed by atoms with E-state index in [0.717, 1.165) is 18.8 Å². The van der Waals surface area contributed by atoms with Crippen LogP contribution in [-0.2, 0) is 0 Å². The molecule has 3 rings (SSSR count). The molecule has 1 saturated heterocycles. The number of nitrogens with one attached hydrogen (secondary N) is 2. The standard InChI is InChI=1S/C14H19N3O3/c1-8(2)20-13-5-9(3-4-12(13)17(18)19)16-14-10-6-15-7-11(10)14/h3-5,8,10-11,14-16H,6-7H2,1-2H3. The molecule has 2 unspecified atom stereocenters. The summed E-state index contributed by atoms with van der Waals surface area (Å²) >= 11 is 0. The molecule has 1 heterocycles. The highest BCUT2D eigenvalue weighted by Crippen LogP contribution is 2.44. The van der Waals surface area contributed by atoms with Gasteiger partial charge in [0.25, 0.3) is 0 Å². The highest BCUT2D eigenvalue weighted by atomic mass is 16.6. The average Bonchev–Trinajstić information content (AvgIpc) is 2.83. The molecule has 20 heavy (non-hydrogen) atoms. The molecule has 2 fully saturated rings. The van der Waals surface area contributed by atoms with Crippen molar-refractivity contribution in [3.8, 4) is 5.75 Å². The molecule has 2 N–H and O–H groups in total. The molecule has 2 atom stereocenters. The Bertz CT molecular complexity index is 522. The zero-order valence-electron chi connectivity index (χ0n) is 11.6. The van der Waals surface area contributed by atoms with Gasteiger partial charge in [0.05, 0.1) is 11.0 Å². The van der Waals surface area contributed by atoms with Crippen LogP contribution in [0.3, 0.4) is 0 Å². The number of nitro benzene ring substituents is 1. The van der Waals surface area contributed by atoms with Gasteiger partial charge in [-0.15, -0.1) is 0 Å². The van der Waals surface area contributed by atoms with Gasteiger partial charge in [-0.2, -0.15) is 0 Å². The van der Waals surface area contributed by atoms with Gasteiger partial charge in [0, 0.05) is 37.0 Å². The lowest BCUT2D eigenvalue weighted by Gasteiger charge is -2.13. The maximum absolute atomic E-state index is 11.0. The Balaban J connectivity index is 1.76. The molecule has 0 radical (unpaired) electrons. The lowest BCUT2D eigenvalue weighted by atomic mass is 10.2. The minimum absolute atomic E-state index is 0.0157. The van der Waals surface area contributed by atoms with Crippen molar-refractivity contribution in [2.45, 2.75) is 26.0 Å². The summed E-state index contributed by atoms with van der Waals surface area (Å²) in [6.07, 6.45) is -0.0894. The largest absolute Gasteiger partial charge is 0.484 e. The fourth-order valence-corrected chi connectivity index (χ4v) is 2.93. The third kappa shape index (κ3) is 2.43. The van der Waals surface area contributed by atoms with Crippen molar-refractivity contribution >= 4 is 11.4 Å². The molecule has 0 spiro atoms. The molecule has 108 valence electrons. The minimum Gasteiger partial charge on any atom is -0.484 e. The van der Waals surface area contributed by atoms with Gasteiger partial charge < -0.3 is 15.4 Å². The summed E-state index contributed by atoms with van der Waals surface area (Å²) in [5, 5.41) is 17.8. The van der Waals surface area contributed by atoms with E-state index in [1.165, 1.54) is 6.07 Å². The number of rotatable bonds is 5. The molecule has 1 aromatic rings. The van der Waals surface area contributed by atoms with Crippen molar-refractivity contribution in [2.75, 3.05) is 18.4 Å². The van der Waals surface area contributed by atoms with E-state index in [4.69, 9.17) is 4.74 Å². The predicted octanol–water partition coefficient (Wildman–Crippen LogP) is 2.01. The molecule has 1 aliphatic heterocycles. The molecule has 1 saturated carbocycles. The summed E-state index contributed by atoms with van der Waals surface area (Å²) in [6, 6.07) is 5.49. The number of piperidine rings is 1. The Kier molecular flexibility index (Phi) is 3.25. The molecule has 0 aromatic heterocycles. The van der Waals surface area contributed by atoms with Crippen molar-refractivity contribution in [3.63, 3.8) is 0 Å². The van der Waals surface area contributed by atoms with Crippen molar-refractivity contribution < 1.29 is 9.66 Å². The SMILES string of the molecule is CC(C)Oc1cc(NC2C3CNCC32)ccc1[N+](=O)[O-]. The summed E-state index contributed by atoms with van der Waals surface area (Å²) in [5.74, 6) is 1.72. The van der Waals surface area contributed by atoms with Crippen molar-refractivity contribution in [1.82, 2.24) is 5.32 Å². The molecule has 2 aliphatic rings. The maximum Gasteiger partial charge on any atom is 0.311 e. The Labute approximate surface area is 117 Å². The first-order valence-corrected chi connectivity index (χ1v) is 6.98. The van der Waals surface area contributed by atoms with Crippen molar-refractivity contribution in [1.29, 1.82) is 0 Å².